The van der Waals surface area contributed by atoms with Crippen molar-refractivity contribution in [1.29, 1.82) is 0 Å². The molecule has 1 fully saturated rings. The minimum atomic E-state index is -0.296. The van der Waals surface area contributed by atoms with Crippen LogP contribution in [0.15, 0.2) is 15.7 Å². The lowest BCUT2D eigenvalue weighted by Gasteiger charge is -2.34. The second-order valence-corrected chi connectivity index (χ2v) is 6.14. The van der Waals surface area contributed by atoms with Gasteiger partial charge in [0.25, 0.3) is 5.56 Å². The molecule has 8 nitrogen and oxygen atoms in total. The summed E-state index contributed by atoms with van der Waals surface area (Å²) in [5, 5.41) is 7.18. The third-order valence-corrected chi connectivity index (χ3v) is 4.52. The number of hydrogen-bond acceptors (Lipinski definition) is 5. The van der Waals surface area contributed by atoms with E-state index in [9.17, 15) is 9.59 Å². The van der Waals surface area contributed by atoms with Gasteiger partial charge in [0.15, 0.2) is 5.82 Å². The number of H-pyrrole nitrogens is 1. The second-order valence-electron chi connectivity index (χ2n) is 6.14. The molecule has 0 spiro atoms. The molecule has 0 unspecified atom stereocenters. The third-order valence-electron chi connectivity index (χ3n) is 4.52. The third kappa shape index (κ3) is 2.98. The predicted molar refractivity (Wildman–Crippen MR) is 85.0 cm³/mol. The first-order valence-corrected chi connectivity index (χ1v) is 7.86. The first kappa shape index (κ1) is 15.7. The van der Waals surface area contributed by atoms with Gasteiger partial charge in [0.05, 0.1) is 6.04 Å². The Morgan fingerprint density at radius 1 is 1.26 bits per heavy atom. The number of likely N-dealkylation sites (tertiary alicyclic amines) is 1. The van der Waals surface area contributed by atoms with Gasteiger partial charge < -0.3 is 0 Å². The van der Waals surface area contributed by atoms with E-state index in [2.05, 4.69) is 20.1 Å². The molecule has 0 aromatic carbocycles. The Labute approximate surface area is 133 Å². The molecule has 0 amide bonds. The maximum absolute atomic E-state index is 12.1. The Morgan fingerprint density at radius 2 is 2.04 bits per heavy atom. The zero-order valence-electron chi connectivity index (χ0n) is 13.7. The predicted octanol–water partition coefficient (Wildman–Crippen LogP) is 0.238. The minimum Gasteiger partial charge on any atom is -0.299 e. The summed E-state index contributed by atoms with van der Waals surface area (Å²) in [7, 11) is 3.20. The number of hydrogen-bond donors (Lipinski definition) is 1. The van der Waals surface area contributed by atoms with Gasteiger partial charge in [0.1, 0.15) is 5.82 Å². The van der Waals surface area contributed by atoms with Gasteiger partial charge in [-0.1, -0.05) is 6.42 Å². The fourth-order valence-corrected chi connectivity index (χ4v) is 3.12. The first-order chi connectivity index (χ1) is 11.0. The summed E-state index contributed by atoms with van der Waals surface area (Å²) in [5.74, 6) is 1.59. The van der Waals surface area contributed by atoms with Gasteiger partial charge in [-0.3, -0.25) is 23.9 Å². The fraction of sp³-hybridized carbons (Fsp3) is 0.600. The summed E-state index contributed by atoms with van der Waals surface area (Å²) in [6.07, 6.45) is 3.21. The smallest absolute Gasteiger partial charge is 0.299 e. The second kappa shape index (κ2) is 6.11. The molecule has 8 heteroatoms. The lowest BCUT2D eigenvalue weighted by molar-refractivity contribution is 0.130. The Morgan fingerprint density at radius 3 is 2.74 bits per heavy atom. The molecule has 0 radical (unpaired) electrons. The summed E-state index contributed by atoms with van der Waals surface area (Å²) in [6, 6.07) is 1.66. The van der Waals surface area contributed by atoms with Crippen LogP contribution in [0.5, 0.6) is 0 Å². The molecule has 0 bridgehead atoms. The highest BCUT2D eigenvalue weighted by molar-refractivity contribution is 5.05. The first-order valence-electron chi connectivity index (χ1n) is 7.86. The van der Waals surface area contributed by atoms with E-state index >= 15 is 0 Å². The van der Waals surface area contributed by atoms with Crippen LogP contribution in [0.2, 0.25) is 0 Å². The molecule has 124 valence electrons. The van der Waals surface area contributed by atoms with Crippen LogP contribution in [0, 0.1) is 6.92 Å². The van der Waals surface area contributed by atoms with E-state index in [1.807, 2.05) is 6.92 Å². The van der Waals surface area contributed by atoms with Gasteiger partial charge in [-0.25, -0.2) is 9.78 Å². The van der Waals surface area contributed by atoms with Crippen LogP contribution < -0.4 is 11.2 Å². The van der Waals surface area contributed by atoms with E-state index < -0.39 is 0 Å². The molecule has 1 N–H and O–H groups in total. The minimum absolute atomic E-state index is 0.118. The number of aromatic nitrogens is 5. The molecular weight excluding hydrogens is 296 g/mol. The maximum atomic E-state index is 12.1. The summed E-state index contributed by atoms with van der Waals surface area (Å²) >= 11 is 0. The summed E-state index contributed by atoms with van der Waals surface area (Å²) in [6.45, 7) is 3.33. The van der Waals surface area contributed by atoms with E-state index in [4.69, 9.17) is 0 Å². The van der Waals surface area contributed by atoms with E-state index in [0.29, 0.717) is 6.54 Å². The molecule has 1 atom stereocenters. The summed E-state index contributed by atoms with van der Waals surface area (Å²) in [4.78, 5) is 30.7. The normalized spacial score (nSPS) is 19.2. The molecular formula is C15H22N6O2. The van der Waals surface area contributed by atoms with Crippen molar-refractivity contribution in [2.45, 2.75) is 38.8 Å². The number of piperidine rings is 1. The fourth-order valence-electron chi connectivity index (χ4n) is 3.12. The molecule has 2 aromatic heterocycles. The van der Waals surface area contributed by atoms with Crippen LogP contribution in [0.3, 0.4) is 0 Å². The van der Waals surface area contributed by atoms with Crippen LogP contribution >= 0.6 is 0 Å². The molecule has 0 saturated carbocycles. The van der Waals surface area contributed by atoms with Gasteiger partial charge >= 0.3 is 5.69 Å². The number of aryl methyl sites for hydroxylation is 1. The highest BCUT2D eigenvalue weighted by Gasteiger charge is 2.27. The van der Waals surface area contributed by atoms with Crippen LogP contribution in [0.4, 0.5) is 0 Å². The Bertz CT molecular complexity index is 818. The average Bonchev–Trinajstić information content (AvgIpc) is 2.97. The lowest BCUT2D eigenvalue weighted by Crippen LogP contribution is -2.41. The lowest BCUT2D eigenvalue weighted by atomic mass is 10.0. The van der Waals surface area contributed by atoms with E-state index in [-0.39, 0.29) is 17.3 Å². The van der Waals surface area contributed by atoms with Gasteiger partial charge in [-0.15, -0.1) is 0 Å². The van der Waals surface area contributed by atoms with Crippen LogP contribution in [-0.2, 0) is 20.6 Å². The molecule has 0 aliphatic carbocycles. The Kier molecular flexibility index (Phi) is 4.16. The number of aromatic amines is 1. The van der Waals surface area contributed by atoms with Crippen LogP contribution in [-0.4, -0.2) is 35.8 Å². The van der Waals surface area contributed by atoms with Crippen molar-refractivity contribution in [3.8, 4) is 0 Å². The molecule has 3 heterocycles. The largest absolute Gasteiger partial charge is 0.330 e. The van der Waals surface area contributed by atoms with Crippen molar-refractivity contribution in [2.24, 2.45) is 14.1 Å². The number of nitrogens with zero attached hydrogens (tertiary/aromatic N) is 5. The van der Waals surface area contributed by atoms with Gasteiger partial charge in [-0.2, -0.15) is 5.10 Å². The summed E-state index contributed by atoms with van der Waals surface area (Å²) in [5.41, 5.74) is 0.150. The van der Waals surface area contributed by atoms with E-state index in [1.54, 1.807) is 7.05 Å². The maximum Gasteiger partial charge on any atom is 0.330 e. The topological polar surface area (TPSA) is 88.8 Å². The van der Waals surface area contributed by atoms with Crippen LogP contribution in [0.1, 0.15) is 42.6 Å². The van der Waals surface area contributed by atoms with E-state index in [0.717, 1.165) is 47.7 Å². The molecule has 3 rings (SSSR count). The monoisotopic (exact) mass is 318 g/mol. The van der Waals surface area contributed by atoms with Crippen molar-refractivity contribution in [3.63, 3.8) is 0 Å². The quantitative estimate of drug-likeness (QED) is 0.875. The Hall–Kier alpha value is -2.22. The highest BCUT2D eigenvalue weighted by atomic mass is 16.2. The van der Waals surface area contributed by atoms with Crippen molar-refractivity contribution in [2.75, 3.05) is 6.54 Å². The van der Waals surface area contributed by atoms with Gasteiger partial charge in [0.2, 0.25) is 0 Å². The number of nitrogens with one attached hydrogen (secondary N) is 1. The van der Waals surface area contributed by atoms with Crippen LogP contribution in [0.25, 0.3) is 0 Å². The van der Waals surface area contributed by atoms with Crippen molar-refractivity contribution in [3.05, 3.63) is 44.2 Å². The zero-order chi connectivity index (χ0) is 16.6. The zero-order valence-corrected chi connectivity index (χ0v) is 13.7. The van der Waals surface area contributed by atoms with Gasteiger partial charge in [0, 0.05) is 32.4 Å². The van der Waals surface area contributed by atoms with Crippen molar-refractivity contribution in [1.82, 2.24) is 29.2 Å². The molecule has 1 saturated heterocycles. The SMILES string of the molecule is Cc1nc([C@H]2CCCCN2Cc2cc(=O)n(C)c(=O)n2C)n[nH]1. The molecule has 23 heavy (non-hydrogen) atoms. The number of rotatable bonds is 3. The molecule has 1 aliphatic heterocycles. The Balaban J connectivity index is 1.91. The standard InChI is InChI=1S/C15H22N6O2/c1-10-16-14(18-17-10)12-6-4-5-7-21(12)9-11-8-13(22)20(3)15(23)19(11)2/h8,12H,4-7,9H2,1-3H3,(H,16,17,18)/t12-/m1/s1. The van der Waals surface area contributed by atoms with Gasteiger partial charge in [-0.05, 0) is 26.3 Å². The molecule has 2 aromatic rings. The highest BCUT2D eigenvalue weighted by Crippen LogP contribution is 2.29. The average molecular weight is 318 g/mol. The van der Waals surface area contributed by atoms with E-state index in [1.165, 1.54) is 17.7 Å². The van der Waals surface area contributed by atoms with Crippen molar-refractivity contribution >= 4 is 0 Å². The van der Waals surface area contributed by atoms with Crippen molar-refractivity contribution < 1.29 is 0 Å². The summed E-state index contributed by atoms with van der Waals surface area (Å²) < 4.78 is 2.66. The molecule has 1 aliphatic rings.